The highest BCUT2D eigenvalue weighted by Crippen LogP contribution is 2.51. The maximum atomic E-state index is 4.48. The highest BCUT2D eigenvalue weighted by molar-refractivity contribution is 5.07. The van der Waals surface area contributed by atoms with Crippen molar-refractivity contribution < 1.29 is 0 Å². The van der Waals surface area contributed by atoms with Gasteiger partial charge in [-0.2, -0.15) is 5.10 Å². The molecule has 1 heterocycles. The Morgan fingerprint density at radius 1 is 1.37 bits per heavy atom. The van der Waals surface area contributed by atoms with Crippen LogP contribution in [0.4, 0.5) is 0 Å². The molecule has 1 fully saturated rings. The second-order valence-electron chi connectivity index (χ2n) is 6.47. The quantitative estimate of drug-likeness (QED) is 0.785. The van der Waals surface area contributed by atoms with Crippen LogP contribution in [0.5, 0.6) is 0 Å². The van der Waals surface area contributed by atoms with Gasteiger partial charge < -0.3 is 5.32 Å². The molecule has 0 spiro atoms. The van der Waals surface area contributed by atoms with Gasteiger partial charge in [-0.15, -0.1) is 0 Å². The molecule has 1 aromatic heterocycles. The van der Waals surface area contributed by atoms with Crippen LogP contribution in [0.2, 0.25) is 0 Å². The Morgan fingerprint density at radius 2 is 2.11 bits per heavy atom. The average Bonchev–Trinajstić information content (AvgIpc) is 3.03. The zero-order valence-corrected chi connectivity index (χ0v) is 12.8. The van der Waals surface area contributed by atoms with E-state index < -0.39 is 0 Å². The van der Waals surface area contributed by atoms with Gasteiger partial charge in [0.1, 0.15) is 12.2 Å². The summed E-state index contributed by atoms with van der Waals surface area (Å²) in [4.78, 5) is 4.48. The molecule has 1 aliphatic carbocycles. The third-order valence-corrected chi connectivity index (χ3v) is 4.26. The Kier molecular flexibility index (Phi) is 4.61. The first-order valence-corrected chi connectivity index (χ1v) is 7.67. The van der Waals surface area contributed by atoms with E-state index in [1.54, 1.807) is 6.33 Å². The minimum atomic E-state index is 0.428. The molecule has 19 heavy (non-hydrogen) atoms. The molecule has 1 atom stereocenters. The van der Waals surface area contributed by atoms with E-state index in [9.17, 15) is 0 Å². The fourth-order valence-electron chi connectivity index (χ4n) is 2.74. The fraction of sp³-hybridized carbons (Fsp3) is 0.867. The van der Waals surface area contributed by atoms with Crippen molar-refractivity contribution in [1.82, 2.24) is 20.1 Å². The van der Waals surface area contributed by atoms with Crippen LogP contribution in [0, 0.1) is 11.3 Å². The summed E-state index contributed by atoms with van der Waals surface area (Å²) in [7, 11) is 0. The SMILES string of the molecule is CCCNC(C)C1(Cc2ncnn2CC(C)C)CC1. The molecule has 0 saturated heterocycles. The maximum Gasteiger partial charge on any atom is 0.138 e. The molecule has 0 aliphatic heterocycles. The van der Waals surface area contributed by atoms with Gasteiger partial charge in [-0.3, -0.25) is 0 Å². The van der Waals surface area contributed by atoms with Crippen LogP contribution in [0.25, 0.3) is 0 Å². The van der Waals surface area contributed by atoms with Crippen molar-refractivity contribution in [3.8, 4) is 0 Å². The third-order valence-electron chi connectivity index (χ3n) is 4.26. The summed E-state index contributed by atoms with van der Waals surface area (Å²) in [6.45, 7) is 11.1. The van der Waals surface area contributed by atoms with E-state index in [0.717, 1.165) is 25.3 Å². The molecular weight excluding hydrogens is 236 g/mol. The molecule has 1 unspecified atom stereocenters. The highest BCUT2D eigenvalue weighted by atomic mass is 15.3. The lowest BCUT2D eigenvalue weighted by Gasteiger charge is -2.24. The lowest BCUT2D eigenvalue weighted by molar-refractivity contribution is 0.334. The van der Waals surface area contributed by atoms with Crippen molar-refractivity contribution in [3.05, 3.63) is 12.2 Å². The summed E-state index contributed by atoms with van der Waals surface area (Å²) in [5.74, 6) is 1.78. The Labute approximate surface area is 117 Å². The molecule has 1 saturated carbocycles. The van der Waals surface area contributed by atoms with Crippen molar-refractivity contribution in [2.24, 2.45) is 11.3 Å². The number of hydrogen-bond donors (Lipinski definition) is 1. The zero-order chi connectivity index (χ0) is 13.9. The Hall–Kier alpha value is -0.900. The lowest BCUT2D eigenvalue weighted by Crippen LogP contribution is -2.37. The van der Waals surface area contributed by atoms with Crippen molar-refractivity contribution in [1.29, 1.82) is 0 Å². The van der Waals surface area contributed by atoms with E-state index >= 15 is 0 Å². The van der Waals surface area contributed by atoms with Gasteiger partial charge >= 0.3 is 0 Å². The molecule has 1 aliphatic rings. The molecule has 0 aromatic carbocycles. The van der Waals surface area contributed by atoms with Crippen LogP contribution < -0.4 is 5.32 Å². The summed E-state index contributed by atoms with van der Waals surface area (Å²) in [6, 6.07) is 0.580. The molecule has 108 valence electrons. The number of nitrogens with one attached hydrogen (secondary N) is 1. The molecule has 1 aromatic rings. The summed E-state index contributed by atoms with van der Waals surface area (Å²) in [5.41, 5.74) is 0.428. The van der Waals surface area contributed by atoms with Gasteiger partial charge in [0.2, 0.25) is 0 Å². The fourth-order valence-corrected chi connectivity index (χ4v) is 2.74. The van der Waals surface area contributed by atoms with Crippen LogP contribution in [0.3, 0.4) is 0 Å². The second-order valence-corrected chi connectivity index (χ2v) is 6.47. The summed E-state index contributed by atoms with van der Waals surface area (Å²) >= 11 is 0. The monoisotopic (exact) mass is 264 g/mol. The van der Waals surface area contributed by atoms with Gasteiger partial charge in [-0.25, -0.2) is 9.67 Å². The van der Waals surface area contributed by atoms with Crippen LogP contribution in [-0.2, 0) is 13.0 Å². The van der Waals surface area contributed by atoms with E-state index in [4.69, 9.17) is 0 Å². The zero-order valence-electron chi connectivity index (χ0n) is 12.8. The molecule has 0 amide bonds. The number of aromatic nitrogens is 3. The maximum absolute atomic E-state index is 4.48. The van der Waals surface area contributed by atoms with E-state index in [1.165, 1.54) is 19.3 Å². The van der Waals surface area contributed by atoms with Crippen LogP contribution in [0.15, 0.2) is 6.33 Å². The average molecular weight is 264 g/mol. The normalized spacial score (nSPS) is 18.8. The summed E-state index contributed by atoms with van der Waals surface area (Å²) in [6.07, 6.45) is 6.61. The summed E-state index contributed by atoms with van der Waals surface area (Å²) in [5, 5.41) is 8.03. The first-order chi connectivity index (χ1) is 9.07. The van der Waals surface area contributed by atoms with Gasteiger partial charge in [0, 0.05) is 19.0 Å². The molecular formula is C15H28N4. The van der Waals surface area contributed by atoms with Gasteiger partial charge in [-0.05, 0) is 44.1 Å². The van der Waals surface area contributed by atoms with Crippen molar-refractivity contribution in [2.45, 2.75) is 66.0 Å². The standard InChI is InChI=1S/C15H28N4/c1-5-8-16-13(4)15(6-7-15)9-14-17-11-18-19(14)10-12(2)3/h11-13,16H,5-10H2,1-4H3. The smallest absolute Gasteiger partial charge is 0.138 e. The predicted octanol–water partition coefficient (Wildman–Crippen LogP) is 2.64. The largest absolute Gasteiger partial charge is 0.314 e. The van der Waals surface area contributed by atoms with Gasteiger partial charge in [0.05, 0.1) is 0 Å². The molecule has 1 N–H and O–H groups in total. The van der Waals surface area contributed by atoms with E-state index in [-0.39, 0.29) is 0 Å². The summed E-state index contributed by atoms with van der Waals surface area (Å²) < 4.78 is 2.09. The minimum absolute atomic E-state index is 0.428. The van der Waals surface area contributed by atoms with Crippen molar-refractivity contribution in [2.75, 3.05) is 6.54 Å². The topological polar surface area (TPSA) is 42.7 Å². The Bertz CT molecular complexity index is 393. The first-order valence-electron chi connectivity index (χ1n) is 7.67. The van der Waals surface area contributed by atoms with E-state index in [1.807, 2.05) is 0 Å². The number of rotatable bonds is 8. The van der Waals surface area contributed by atoms with Gasteiger partial charge in [-0.1, -0.05) is 20.8 Å². The minimum Gasteiger partial charge on any atom is -0.314 e. The lowest BCUT2D eigenvalue weighted by atomic mass is 9.93. The third kappa shape index (κ3) is 3.56. The van der Waals surface area contributed by atoms with Crippen LogP contribution >= 0.6 is 0 Å². The molecule has 4 heteroatoms. The van der Waals surface area contributed by atoms with Crippen molar-refractivity contribution >= 4 is 0 Å². The molecule has 2 rings (SSSR count). The van der Waals surface area contributed by atoms with E-state index in [2.05, 4.69) is 47.8 Å². The number of nitrogens with zero attached hydrogens (tertiary/aromatic N) is 3. The van der Waals surface area contributed by atoms with Crippen LogP contribution in [-0.4, -0.2) is 27.4 Å². The first kappa shape index (κ1) is 14.5. The van der Waals surface area contributed by atoms with Gasteiger partial charge in [0.25, 0.3) is 0 Å². The van der Waals surface area contributed by atoms with E-state index in [0.29, 0.717) is 17.4 Å². The predicted molar refractivity (Wildman–Crippen MR) is 78.0 cm³/mol. The van der Waals surface area contributed by atoms with Gasteiger partial charge in [0.15, 0.2) is 0 Å². The number of hydrogen-bond acceptors (Lipinski definition) is 3. The molecule has 0 radical (unpaired) electrons. The van der Waals surface area contributed by atoms with Crippen molar-refractivity contribution in [3.63, 3.8) is 0 Å². The molecule has 0 bridgehead atoms. The Balaban J connectivity index is 1.98. The Morgan fingerprint density at radius 3 is 2.68 bits per heavy atom. The van der Waals surface area contributed by atoms with Crippen LogP contribution in [0.1, 0.15) is 52.8 Å². The molecule has 4 nitrogen and oxygen atoms in total. The second kappa shape index (κ2) is 6.04. The highest BCUT2D eigenvalue weighted by Gasteiger charge is 2.47.